The molecule has 0 aliphatic rings. The number of rotatable bonds is 7. The monoisotopic (exact) mass is 229 g/mol. The SMILES string of the molecule is CCOCC(C)OC(CCN)C(F)(F)F. The Labute approximate surface area is 87.7 Å². The Morgan fingerprint density at radius 1 is 1.33 bits per heavy atom. The van der Waals surface area contributed by atoms with Gasteiger partial charge in [0.15, 0.2) is 6.10 Å². The molecule has 92 valence electrons. The summed E-state index contributed by atoms with van der Waals surface area (Å²) in [5, 5.41) is 0. The molecule has 0 fully saturated rings. The highest BCUT2D eigenvalue weighted by Gasteiger charge is 2.40. The van der Waals surface area contributed by atoms with Gasteiger partial charge in [-0.3, -0.25) is 0 Å². The van der Waals surface area contributed by atoms with Crippen LogP contribution in [0.2, 0.25) is 0 Å². The molecule has 0 amide bonds. The lowest BCUT2D eigenvalue weighted by atomic mass is 10.2. The average molecular weight is 229 g/mol. The Hall–Kier alpha value is -0.330. The molecule has 0 aliphatic heterocycles. The lowest BCUT2D eigenvalue weighted by Crippen LogP contribution is -2.37. The Bertz CT molecular complexity index is 164. The minimum atomic E-state index is -4.36. The Morgan fingerprint density at radius 3 is 2.33 bits per heavy atom. The second kappa shape index (κ2) is 7.03. The van der Waals surface area contributed by atoms with Gasteiger partial charge in [0, 0.05) is 6.61 Å². The molecule has 0 rings (SSSR count). The zero-order valence-electron chi connectivity index (χ0n) is 9.01. The van der Waals surface area contributed by atoms with Crippen LogP contribution in [-0.2, 0) is 9.47 Å². The van der Waals surface area contributed by atoms with Crippen LogP contribution in [0.1, 0.15) is 20.3 Å². The van der Waals surface area contributed by atoms with Gasteiger partial charge in [-0.2, -0.15) is 13.2 Å². The van der Waals surface area contributed by atoms with Crippen LogP contribution < -0.4 is 5.73 Å². The molecule has 0 aromatic carbocycles. The van der Waals surface area contributed by atoms with Crippen molar-refractivity contribution < 1.29 is 22.6 Å². The molecule has 2 unspecified atom stereocenters. The first kappa shape index (κ1) is 14.7. The molecule has 0 aliphatic carbocycles. The van der Waals surface area contributed by atoms with Gasteiger partial charge < -0.3 is 15.2 Å². The summed E-state index contributed by atoms with van der Waals surface area (Å²) in [6.07, 6.45) is -6.96. The minimum Gasteiger partial charge on any atom is -0.379 e. The van der Waals surface area contributed by atoms with Crippen molar-refractivity contribution in [3.63, 3.8) is 0 Å². The van der Waals surface area contributed by atoms with E-state index in [1.54, 1.807) is 13.8 Å². The Kier molecular flexibility index (Phi) is 6.87. The number of ether oxygens (including phenoxy) is 2. The van der Waals surface area contributed by atoms with Crippen LogP contribution in [0.4, 0.5) is 13.2 Å². The van der Waals surface area contributed by atoms with E-state index >= 15 is 0 Å². The van der Waals surface area contributed by atoms with Gasteiger partial charge >= 0.3 is 6.18 Å². The van der Waals surface area contributed by atoms with Gasteiger partial charge in [-0.1, -0.05) is 0 Å². The standard InChI is InChI=1S/C9H18F3NO2/c1-3-14-6-7(2)15-8(4-5-13)9(10,11)12/h7-8H,3-6,13H2,1-2H3. The molecule has 6 heteroatoms. The van der Waals surface area contributed by atoms with Gasteiger partial charge in [0.05, 0.1) is 12.7 Å². The number of hydrogen-bond acceptors (Lipinski definition) is 3. The summed E-state index contributed by atoms with van der Waals surface area (Å²) in [7, 11) is 0. The summed E-state index contributed by atoms with van der Waals surface area (Å²) in [5.74, 6) is 0. The maximum Gasteiger partial charge on any atom is 0.414 e. The van der Waals surface area contributed by atoms with Gasteiger partial charge in [-0.25, -0.2) is 0 Å². The number of alkyl halides is 3. The van der Waals surface area contributed by atoms with E-state index in [1.807, 2.05) is 0 Å². The normalized spacial score (nSPS) is 16.4. The fraction of sp³-hybridized carbons (Fsp3) is 1.00. The summed E-state index contributed by atoms with van der Waals surface area (Å²) in [6, 6.07) is 0. The molecule has 15 heavy (non-hydrogen) atoms. The van der Waals surface area contributed by atoms with Crippen molar-refractivity contribution in [2.24, 2.45) is 5.73 Å². The van der Waals surface area contributed by atoms with Crippen LogP contribution >= 0.6 is 0 Å². The topological polar surface area (TPSA) is 44.5 Å². The summed E-state index contributed by atoms with van der Waals surface area (Å²) < 4.78 is 46.9. The maximum atomic E-state index is 12.4. The van der Waals surface area contributed by atoms with Crippen LogP contribution in [-0.4, -0.2) is 38.1 Å². The second-order valence-electron chi connectivity index (χ2n) is 3.21. The molecule has 0 aromatic heterocycles. The first-order valence-electron chi connectivity index (χ1n) is 4.91. The van der Waals surface area contributed by atoms with E-state index in [0.29, 0.717) is 6.61 Å². The van der Waals surface area contributed by atoms with Crippen LogP contribution in [0.3, 0.4) is 0 Å². The molecule has 3 nitrogen and oxygen atoms in total. The second-order valence-corrected chi connectivity index (χ2v) is 3.21. The van der Waals surface area contributed by atoms with Gasteiger partial charge in [-0.05, 0) is 26.8 Å². The van der Waals surface area contributed by atoms with E-state index in [-0.39, 0.29) is 19.6 Å². The lowest BCUT2D eigenvalue weighted by molar-refractivity contribution is -0.236. The summed E-state index contributed by atoms with van der Waals surface area (Å²) >= 11 is 0. The molecule has 2 atom stereocenters. The lowest BCUT2D eigenvalue weighted by Gasteiger charge is -2.24. The molecule has 0 saturated carbocycles. The van der Waals surface area contributed by atoms with E-state index in [1.165, 1.54) is 0 Å². The number of halogens is 3. The first-order valence-corrected chi connectivity index (χ1v) is 4.91. The number of hydrogen-bond donors (Lipinski definition) is 1. The zero-order valence-corrected chi connectivity index (χ0v) is 9.01. The van der Waals surface area contributed by atoms with E-state index in [0.717, 1.165) is 0 Å². The quantitative estimate of drug-likeness (QED) is 0.722. The average Bonchev–Trinajstić information content (AvgIpc) is 2.12. The third-order valence-electron chi connectivity index (χ3n) is 1.75. The minimum absolute atomic E-state index is 0.0501. The van der Waals surface area contributed by atoms with Crippen molar-refractivity contribution in [2.75, 3.05) is 19.8 Å². The van der Waals surface area contributed by atoms with Crippen LogP contribution in [0.25, 0.3) is 0 Å². The fourth-order valence-electron chi connectivity index (χ4n) is 1.06. The summed E-state index contributed by atoms with van der Waals surface area (Å²) in [5.41, 5.74) is 5.09. The third kappa shape index (κ3) is 6.70. The molecule has 0 radical (unpaired) electrons. The first-order chi connectivity index (χ1) is 6.91. The number of nitrogens with two attached hydrogens (primary N) is 1. The molecule has 0 heterocycles. The van der Waals surface area contributed by atoms with E-state index in [4.69, 9.17) is 15.2 Å². The Morgan fingerprint density at radius 2 is 1.93 bits per heavy atom. The van der Waals surface area contributed by atoms with Gasteiger partial charge in [0.25, 0.3) is 0 Å². The predicted molar refractivity (Wildman–Crippen MR) is 50.6 cm³/mol. The van der Waals surface area contributed by atoms with Crippen molar-refractivity contribution >= 4 is 0 Å². The molecule has 2 N–H and O–H groups in total. The summed E-state index contributed by atoms with van der Waals surface area (Å²) in [6.45, 7) is 3.89. The predicted octanol–water partition coefficient (Wildman–Crippen LogP) is 1.71. The molecule has 0 aromatic rings. The molecule has 0 bridgehead atoms. The largest absolute Gasteiger partial charge is 0.414 e. The van der Waals surface area contributed by atoms with Gasteiger partial charge in [0.1, 0.15) is 0 Å². The Balaban J connectivity index is 4.04. The van der Waals surface area contributed by atoms with E-state index < -0.39 is 18.4 Å². The van der Waals surface area contributed by atoms with Crippen LogP contribution in [0, 0.1) is 0 Å². The summed E-state index contributed by atoms with van der Waals surface area (Å²) in [4.78, 5) is 0. The van der Waals surface area contributed by atoms with Crippen molar-refractivity contribution in [3.8, 4) is 0 Å². The van der Waals surface area contributed by atoms with E-state index in [2.05, 4.69) is 0 Å². The highest BCUT2D eigenvalue weighted by Crippen LogP contribution is 2.26. The smallest absolute Gasteiger partial charge is 0.379 e. The highest BCUT2D eigenvalue weighted by molar-refractivity contribution is 4.69. The molecular formula is C9H18F3NO2. The van der Waals surface area contributed by atoms with Crippen molar-refractivity contribution in [1.29, 1.82) is 0 Å². The third-order valence-corrected chi connectivity index (χ3v) is 1.75. The molecule has 0 spiro atoms. The van der Waals surface area contributed by atoms with E-state index in [9.17, 15) is 13.2 Å². The van der Waals surface area contributed by atoms with Crippen molar-refractivity contribution in [1.82, 2.24) is 0 Å². The maximum absolute atomic E-state index is 12.4. The zero-order chi connectivity index (χ0) is 11.9. The van der Waals surface area contributed by atoms with Gasteiger partial charge in [0.2, 0.25) is 0 Å². The molecular weight excluding hydrogens is 211 g/mol. The fourth-order valence-corrected chi connectivity index (χ4v) is 1.06. The van der Waals surface area contributed by atoms with Crippen LogP contribution in [0.5, 0.6) is 0 Å². The van der Waals surface area contributed by atoms with Crippen molar-refractivity contribution in [2.45, 2.75) is 38.7 Å². The molecule has 0 saturated heterocycles. The van der Waals surface area contributed by atoms with Gasteiger partial charge in [-0.15, -0.1) is 0 Å². The van der Waals surface area contributed by atoms with Crippen LogP contribution in [0.15, 0.2) is 0 Å². The highest BCUT2D eigenvalue weighted by atomic mass is 19.4. The van der Waals surface area contributed by atoms with Crippen molar-refractivity contribution in [3.05, 3.63) is 0 Å².